The molecule has 0 heterocycles. The third-order valence-corrected chi connectivity index (χ3v) is 4.13. The number of hydrogen-bond donors (Lipinski definition) is 0. The van der Waals surface area contributed by atoms with Crippen LogP contribution in [0, 0.1) is 20.8 Å². The molecule has 1 aromatic carbocycles. The van der Waals surface area contributed by atoms with Crippen LogP contribution in [0.15, 0.2) is 12.1 Å². The molecular formula is C18H30. The van der Waals surface area contributed by atoms with Gasteiger partial charge in [0.15, 0.2) is 0 Å². The summed E-state index contributed by atoms with van der Waals surface area (Å²) in [4.78, 5) is 0. The Kier molecular flexibility index (Phi) is 6.46. The van der Waals surface area contributed by atoms with Crippen LogP contribution in [0.3, 0.4) is 0 Å². The van der Waals surface area contributed by atoms with E-state index in [1.165, 1.54) is 55.2 Å². The first-order valence-electron chi connectivity index (χ1n) is 7.67. The van der Waals surface area contributed by atoms with Crippen molar-refractivity contribution in [1.82, 2.24) is 0 Å². The van der Waals surface area contributed by atoms with Crippen molar-refractivity contribution < 1.29 is 0 Å². The third kappa shape index (κ3) is 4.15. The predicted molar refractivity (Wildman–Crippen MR) is 82.4 cm³/mol. The smallest absolute Gasteiger partial charge is 0.0159 e. The lowest BCUT2D eigenvalue weighted by Crippen LogP contribution is -2.03. The molecule has 0 aromatic heterocycles. The van der Waals surface area contributed by atoms with Gasteiger partial charge in [-0.1, -0.05) is 51.7 Å². The first-order chi connectivity index (χ1) is 8.60. The van der Waals surface area contributed by atoms with Crippen LogP contribution in [0.2, 0.25) is 0 Å². The fourth-order valence-corrected chi connectivity index (χ4v) is 2.78. The zero-order valence-corrected chi connectivity index (χ0v) is 13.0. The maximum Gasteiger partial charge on any atom is -0.0159 e. The number of hydrogen-bond acceptors (Lipinski definition) is 0. The lowest BCUT2D eigenvalue weighted by atomic mass is 9.85. The van der Waals surface area contributed by atoms with Crippen molar-refractivity contribution in [3.63, 3.8) is 0 Å². The van der Waals surface area contributed by atoms with Gasteiger partial charge < -0.3 is 0 Å². The fraction of sp³-hybridized carbons (Fsp3) is 0.667. The lowest BCUT2D eigenvalue weighted by molar-refractivity contribution is 0.523. The van der Waals surface area contributed by atoms with Crippen molar-refractivity contribution in [3.05, 3.63) is 34.4 Å². The topological polar surface area (TPSA) is 0 Å². The van der Waals surface area contributed by atoms with Gasteiger partial charge in [0, 0.05) is 0 Å². The molecule has 0 aliphatic carbocycles. The van der Waals surface area contributed by atoms with Gasteiger partial charge in [0.2, 0.25) is 0 Å². The van der Waals surface area contributed by atoms with Crippen molar-refractivity contribution in [1.29, 1.82) is 0 Å². The fourth-order valence-electron chi connectivity index (χ4n) is 2.78. The summed E-state index contributed by atoms with van der Waals surface area (Å²) < 4.78 is 0. The molecule has 1 aromatic rings. The SMILES string of the molecule is CCCCC(CCCC)c1cc(C)c(C)cc1C. The predicted octanol–water partition coefficient (Wildman–Crippen LogP) is 6.08. The van der Waals surface area contributed by atoms with Crippen molar-refractivity contribution in [2.24, 2.45) is 0 Å². The summed E-state index contributed by atoms with van der Waals surface area (Å²) >= 11 is 0. The molecule has 0 amide bonds. The number of rotatable bonds is 7. The zero-order valence-electron chi connectivity index (χ0n) is 13.0. The van der Waals surface area contributed by atoms with Crippen molar-refractivity contribution in [3.8, 4) is 0 Å². The molecule has 0 atom stereocenters. The van der Waals surface area contributed by atoms with Crippen LogP contribution in [-0.2, 0) is 0 Å². The molecule has 0 unspecified atom stereocenters. The van der Waals surface area contributed by atoms with Crippen LogP contribution >= 0.6 is 0 Å². The van der Waals surface area contributed by atoms with Gasteiger partial charge in [0.1, 0.15) is 0 Å². The Morgan fingerprint density at radius 2 is 1.28 bits per heavy atom. The zero-order chi connectivity index (χ0) is 13.5. The molecule has 0 N–H and O–H groups in total. The minimum absolute atomic E-state index is 0.782. The van der Waals surface area contributed by atoms with E-state index in [2.05, 4.69) is 46.8 Å². The highest BCUT2D eigenvalue weighted by Gasteiger charge is 2.14. The van der Waals surface area contributed by atoms with Gasteiger partial charge in [-0.15, -0.1) is 0 Å². The Bertz CT molecular complexity index is 355. The average Bonchev–Trinajstić information content (AvgIpc) is 2.35. The molecule has 0 heteroatoms. The van der Waals surface area contributed by atoms with Crippen molar-refractivity contribution >= 4 is 0 Å². The van der Waals surface area contributed by atoms with E-state index in [1.807, 2.05) is 0 Å². The van der Waals surface area contributed by atoms with Crippen LogP contribution in [0.1, 0.15) is 80.5 Å². The van der Waals surface area contributed by atoms with Gasteiger partial charge >= 0.3 is 0 Å². The average molecular weight is 246 g/mol. The minimum atomic E-state index is 0.782. The Hall–Kier alpha value is -0.780. The van der Waals surface area contributed by atoms with Crippen LogP contribution in [0.4, 0.5) is 0 Å². The monoisotopic (exact) mass is 246 g/mol. The molecule has 0 radical (unpaired) electrons. The van der Waals surface area contributed by atoms with Gasteiger partial charge in [-0.05, 0) is 61.8 Å². The molecule has 0 fully saturated rings. The van der Waals surface area contributed by atoms with Crippen LogP contribution in [0.5, 0.6) is 0 Å². The Labute approximate surface area is 114 Å². The van der Waals surface area contributed by atoms with Crippen LogP contribution in [0.25, 0.3) is 0 Å². The van der Waals surface area contributed by atoms with E-state index in [4.69, 9.17) is 0 Å². The summed E-state index contributed by atoms with van der Waals surface area (Å²) in [6, 6.07) is 4.82. The molecule has 1 rings (SSSR count). The molecule has 102 valence electrons. The second-order valence-corrected chi connectivity index (χ2v) is 5.77. The van der Waals surface area contributed by atoms with Crippen LogP contribution < -0.4 is 0 Å². The van der Waals surface area contributed by atoms with Crippen LogP contribution in [-0.4, -0.2) is 0 Å². The number of aryl methyl sites for hydroxylation is 3. The van der Waals surface area contributed by atoms with E-state index in [1.54, 1.807) is 5.56 Å². The largest absolute Gasteiger partial charge is 0.0654 e. The van der Waals surface area contributed by atoms with Gasteiger partial charge in [0.05, 0.1) is 0 Å². The Balaban J connectivity index is 2.92. The van der Waals surface area contributed by atoms with E-state index in [0.29, 0.717) is 0 Å². The number of unbranched alkanes of at least 4 members (excludes halogenated alkanes) is 2. The first-order valence-corrected chi connectivity index (χ1v) is 7.67. The standard InChI is InChI=1S/C18H30/c1-6-8-10-17(11-9-7-2)18-13-15(4)14(3)12-16(18)5/h12-13,17H,6-11H2,1-5H3. The minimum Gasteiger partial charge on any atom is -0.0654 e. The van der Waals surface area contributed by atoms with E-state index < -0.39 is 0 Å². The van der Waals surface area contributed by atoms with E-state index in [9.17, 15) is 0 Å². The molecule has 0 saturated carbocycles. The molecule has 18 heavy (non-hydrogen) atoms. The van der Waals surface area contributed by atoms with E-state index in [-0.39, 0.29) is 0 Å². The summed E-state index contributed by atoms with van der Waals surface area (Å²) in [6.07, 6.45) is 8.07. The molecule has 0 nitrogen and oxygen atoms in total. The maximum absolute atomic E-state index is 2.45. The highest BCUT2D eigenvalue weighted by Crippen LogP contribution is 2.31. The Morgan fingerprint density at radius 3 is 1.78 bits per heavy atom. The summed E-state index contributed by atoms with van der Waals surface area (Å²) in [5.41, 5.74) is 5.99. The quantitative estimate of drug-likeness (QED) is 0.547. The third-order valence-electron chi connectivity index (χ3n) is 4.13. The van der Waals surface area contributed by atoms with Crippen molar-refractivity contribution in [2.45, 2.75) is 79.1 Å². The summed E-state index contributed by atoms with van der Waals surface area (Å²) in [6.45, 7) is 11.3. The number of benzene rings is 1. The van der Waals surface area contributed by atoms with Gasteiger partial charge in [-0.3, -0.25) is 0 Å². The van der Waals surface area contributed by atoms with Gasteiger partial charge in [-0.2, -0.15) is 0 Å². The molecule has 0 aliphatic rings. The normalized spacial score (nSPS) is 11.2. The summed E-state index contributed by atoms with van der Waals surface area (Å²) in [5.74, 6) is 0.782. The second kappa shape index (κ2) is 7.61. The molecule has 0 bridgehead atoms. The maximum atomic E-state index is 2.45. The second-order valence-electron chi connectivity index (χ2n) is 5.77. The molecule has 0 aliphatic heterocycles. The highest BCUT2D eigenvalue weighted by atomic mass is 14.2. The van der Waals surface area contributed by atoms with Crippen molar-refractivity contribution in [2.75, 3.05) is 0 Å². The first kappa shape index (κ1) is 15.3. The lowest BCUT2D eigenvalue weighted by Gasteiger charge is -2.20. The van der Waals surface area contributed by atoms with E-state index >= 15 is 0 Å². The van der Waals surface area contributed by atoms with Gasteiger partial charge in [0.25, 0.3) is 0 Å². The molecular weight excluding hydrogens is 216 g/mol. The Morgan fingerprint density at radius 1 is 0.778 bits per heavy atom. The molecule has 0 saturated heterocycles. The summed E-state index contributed by atoms with van der Waals surface area (Å²) in [7, 11) is 0. The molecule has 0 spiro atoms. The highest BCUT2D eigenvalue weighted by molar-refractivity contribution is 5.38. The van der Waals surface area contributed by atoms with Gasteiger partial charge in [-0.25, -0.2) is 0 Å². The van der Waals surface area contributed by atoms with E-state index in [0.717, 1.165) is 5.92 Å². The summed E-state index contributed by atoms with van der Waals surface area (Å²) in [5, 5.41) is 0.